The number of benzene rings is 1. The molecule has 0 amide bonds. The van der Waals surface area contributed by atoms with Crippen LogP contribution in [0.3, 0.4) is 0 Å². The average molecular weight is 399 g/mol. The van der Waals surface area contributed by atoms with Crippen molar-refractivity contribution in [3.05, 3.63) is 58.6 Å². The fourth-order valence-corrected chi connectivity index (χ4v) is 3.12. The number of H-pyrrole nitrogens is 1. The molecule has 0 radical (unpaired) electrons. The van der Waals surface area contributed by atoms with Crippen LogP contribution >= 0.6 is 11.6 Å². The van der Waals surface area contributed by atoms with Gasteiger partial charge < -0.3 is 4.74 Å². The van der Waals surface area contributed by atoms with Crippen LogP contribution in [0.25, 0.3) is 17.3 Å². The van der Waals surface area contributed by atoms with Gasteiger partial charge in [0, 0.05) is 22.5 Å². The number of Topliss-reactive ketones (excluding diaryl/α,β-unsaturated/α-hetero) is 1. The number of hydrogen-bond acceptors (Lipinski definition) is 7. The molecule has 0 atom stereocenters. The van der Waals surface area contributed by atoms with Crippen LogP contribution in [0.2, 0.25) is 5.02 Å². The SMILES string of the molecule is Cc1cc(C(=O)COc2nc(-c3ccccc3Cl)no2)c(C)n1-c1ncn[nH]1. The van der Waals surface area contributed by atoms with Crippen molar-refractivity contribution in [2.45, 2.75) is 13.8 Å². The van der Waals surface area contributed by atoms with E-state index in [-0.39, 0.29) is 24.3 Å². The first-order valence-corrected chi connectivity index (χ1v) is 8.71. The molecule has 10 heteroatoms. The van der Waals surface area contributed by atoms with Crippen LogP contribution < -0.4 is 4.74 Å². The maximum atomic E-state index is 12.6. The third-order valence-electron chi connectivity index (χ3n) is 4.19. The molecule has 4 rings (SSSR count). The third kappa shape index (κ3) is 3.27. The highest BCUT2D eigenvalue weighted by Crippen LogP contribution is 2.26. The molecular weight excluding hydrogens is 384 g/mol. The van der Waals surface area contributed by atoms with E-state index in [2.05, 4.69) is 25.3 Å². The zero-order valence-electron chi connectivity index (χ0n) is 15.0. The van der Waals surface area contributed by atoms with Crippen LogP contribution in [-0.4, -0.2) is 42.3 Å². The summed E-state index contributed by atoms with van der Waals surface area (Å²) in [5.41, 5.74) is 2.70. The second-order valence-corrected chi connectivity index (χ2v) is 6.41. The van der Waals surface area contributed by atoms with Crippen molar-refractivity contribution in [1.82, 2.24) is 29.9 Å². The molecule has 0 aliphatic heterocycles. The second kappa shape index (κ2) is 7.28. The van der Waals surface area contributed by atoms with Gasteiger partial charge in [-0.2, -0.15) is 15.1 Å². The Morgan fingerprint density at radius 3 is 2.89 bits per heavy atom. The number of ketones is 1. The lowest BCUT2D eigenvalue weighted by Crippen LogP contribution is -2.13. The number of carbonyl (C=O) groups is 1. The van der Waals surface area contributed by atoms with Crippen LogP contribution in [0.4, 0.5) is 0 Å². The summed E-state index contributed by atoms with van der Waals surface area (Å²) in [5.74, 6) is 0.601. The highest BCUT2D eigenvalue weighted by atomic mass is 35.5. The third-order valence-corrected chi connectivity index (χ3v) is 4.52. The summed E-state index contributed by atoms with van der Waals surface area (Å²) in [7, 11) is 0. The van der Waals surface area contributed by atoms with Gasteiger partial charge in [-0.3, -0.25) is 13.9 Å². The lowest BCUT2D eigenvalue weighted by Gasteiger charge is -2.05. The minimum Gasteiger partial charge on any atom is -0.440 e. The molecule has 0 unspecified atom stereocenters. The normalized spacial score (nSPS) is 11.0. The number of nitrogens with zero attached hydrogens (tertiary/aromatic N) is 5. The van der Waals surface area contributed by atoms with E-state index in [0.717, 1.165) is 11.4 Å². The van der Waals surface area contributed by atoms with E-state index < -0.39 is 0 Å². The Balaban J connectivity index is 1.49. The molecule has 3 aromatic heterocycles. The number of rotatable bonds is 6. The first kappa shape index (κ1) is 17.9. The zero-order valence-corrected chi connectivity index (χ0v) is 15.8. The molecule has 4 aromatic rings. The standard InChI is InChI=1S/C18H15ClN6O3/c1-10-7-13(11(2)25(10)17-20-9-21-23-17)15(26)8-27-18-22-16(24-28-18)12-5-3-4-6-14(12)19/h3-7,9H,8H2,1-2H3,(H,20,21,23). The Labute approximate surface area is 164 Å². The summed E-state index contributed by atoms with van der Waals surface area (Å²) >= 11 is 6.12. The summed E-state index contributed by atoms with van der Waals surface area (Å²) in [5, 5.41) is 11.0. The Hall–Kier alpha value is -3.46. The molecule has 0 aliphatic carbocycles. The molecule has 28 heavy (non-hydrogen) atoms. The number of hydrogen-bond donors (Lipinski definition) is 1. The van der Waals surface area contributed by atoms with Gasteiger partial charge in [-0.25, -0.2) is 5.10 Å². The molecule has 1 N–H and O–H groups in total. The Morgan fingerprint density at radius 1 is 1.32 bits per heavy atom. The largest absolute Gasteiger partial charge is 0.440 e. The summed E-state index contributed by atoms with van der Waals surface area (Å²) in [6.45, 7) is 3.46. The van der Waals surface area contributed by atoms with Crippen LogP contribution in [0.1, 0.15) is 21.7 Å². The lowest BCUT2D eigenvalue weighted by atomic mass is 10.1. The van der Waals surface area contributed by atoms with Crippen LogP contribution in [0.5, 0.6) is 6.08 Å². The van der Waals surface area contributed by atoms with Gasteiger partial charge in [0.15, 0.2) is 6.61 Å². The highest BCUT2D eigenvalue weighted by molar-refractivity contribution is 6.33. The fourth-order valence-electron chi connectivity index (χ4n) is 2.90. The van der Waals surface area contributed by atoms with Crippen LogP contribution in [0.15, 0.2) is 41.2 Å². The number of nitrogens with one attached hydrogen (secondary N) is 1. The van der Waals surface area contributed by atoms with E-state index >= 15 is 0 Å². The maximum Gasteiger partial charge on any atom is 0.418 e. The first-order chi connectivity index (χ1) is 13.5. The van der Waals surface area contributed by atoms with Gasteiger partial charge in [0.05, 0.1) is 5.02 Å². The molecule has 0 spiro atoms. The fraction of sp³-hybridized carbons (Fsp3) is 0.167. The quantitative estimate of drug-likeness (QED) is 0.496. The van der Waals surface area contributed by atoms with E-state index in [1.807, 2.05) is 24.5 Å². The summed E-state index contributed by atoms with van der Waals surface area (Å²) in [6, 6.07) is 8.87. The van der Waals surface area contributed by atoms with E-state index in [4.69, 9.17) is 20.9 Å². The van der Waals surface area contributed by atoms with Gasteiger partial charge >= 0.3 is 6.08 Å². The lowest BCUT2D eigenvalue weighted by molar-refractivity contribution is 0.0884. The van der Waals surface area contributed by atoms with Crippen molar-refractivity contribution in [2.24, 2.45) is 0 Å². The summed E-state index contributed by atoms with van der Waals surface area (Å²) in [4.78, 5) is 20.9. The Morgan fingerprint density at radius 2 is 2.14 bits per heavy atom. The molecule has 0 aliphatic rings. The number of aromatic amines is 1. The number of halogens is 1. The monoisotopic (exact) mass is 398 g/mol. The highest BCUT2D eigenvalue weighted by Gasteiger charge is 2.20. The molecule has 9 nitrogen and oxygen atoms in total. The molecule has 0 fully saturated rings. The predicted octanol–water partition coefficient (Wildman–Crippen LogP) is 3.18. The minimum absolute atomic E-state index is 0.104. The molecular formula is C18H15ClN6O3. The Kier molecular flexibility index (Phi) is 4.66. The van der Waals surface area contributed by atoms with E-state index in [0.29, 0.717) is 22.1 Å². The van der Waals surface area contributed by atoms with Crippen LogP contribution in [0, 0.1) is 13.8 Å². The predicted molar refractivity (Wildman–Crippen MR) is 99.8 cm³/mol. The topological polar surface area (TPSA) is 112 Å². The number of carbonyl (C=O) groups excluding carboxylic acids is 1. The van der Waals surface area contributed by atoms with Gasteiger partial charge in [-0.05, 0) is 32.0 Å². The molecule has 1 aromatic carbocycles. The maximum absolute atomic E-state index is 12.6. The molecule has 0 saturated heterocycles. The van der Waals surface area contributed by atoms with Crippen molar-refractivity contribution in [3.8, 4) is 23.4 Å². The van der Waals surface area contributed by atoms with E-state index in [1.54, 1.807) is 24.3 Å². The average Bonchev–Trinajstić information content (AvgIpc) is 3.41. The van der Waals surface area contributed by atoms with Crippen molar-refractivity contribution in [1.29, 1.82) is 0 Å². The van der Waals surface area contributed by atoms with Crippen molar-refractivity contribution in [2.75, 3.05) is 6.61 Å². The van der Waals surface area contributed by atoms with Gasteiger partial charge in [0.25, 0.3) is 0 Å². The molecule has 142 valence electrons. The molecule has 0 saturated carbocycles. The zero-order chi connectivity index (χ0) is 19.7. The number of aryl methyl sites for hydroxylation is 1. The van der Waals surface area contributed by atoms with Crippen molar-refractivity contribution < 1.29 is 14.1 Å². The summed E-state index contributed by atoms with van der Waals surface area (Å²) in [6.07, 6.45) is 1.30. The first-order valence-electron chi connectivity index (χ1n) is 8.34. The van der Waals surface area contributed by atoms with E-state index in [1.165, 1.54) is 6.33 Å². The smallest absolute Gasteiger partial charge is 0.418 e. The molecule has 3 heterocycles. The van der Waals surface area contributed by atoms with Crippen molar-refractivity contribution >= 4 is 17.4 Å². The van der Waals surface area contributed by atoms with Gasteiger partial charge in [0.2, 0.25) is 17.6 Å². The second-order valence-electron chi connectivity index (χ2n) is 6.00. The molecule has 0 bridgehead atoms. The summed E-state index contributed by atoms with van der Waals surface area (Å²) < 4.78 is 12.2. The van der Waals surface area contributed by atoms with Crippen LogP contribution in [-0.2, 0) is 0 Å². The van der Waals surface area contributed by atoms with Crippen molar-refractivity contribution in [3.63, 3.8) is 0 Å². The Bertz CT molecular complexity index is 1130. The van der Waals surface area contributed by atoms with Gasteiger partial charge in [-0.1, -0.05) is 28.9 Å². The van der Waals surface area contributed by atoms with Gasteiger partial charge in [0.1, 0.15) is 6.33 Å². The number of aromatic nitrogens is 6. The minimum atomic E-state index is -0.245. The number of ether oxygens (including phenoxy) is 1. The van der Waals surface area contributed by atoms with E-state index in [9.17, 15) is 4.79 Å². The van der Waals surface area contributed by atoms with Gasteiger partial charge in [-0.15, -0.1) is 0 Å².